The molecule has 0 aromatic carbocycles. The second-order valence-electron chi connectivity index (χ2n) is 5.43. The molecule has 3 rings (SSSR count). The zero-order chi connectivity index (χ0) is 16.7. The Hall–Kier alpha value is -0.830. The lowest BCUT2D eigenvalue weighted by atomic mass is 9.94. The standard InChI is InChI=1S/C14H17F3N2O2S2/c1-2-21-10(20)8-19-9-4-3-5-13(22-6-7-23-13)11(9)12(18-19)14(15,16)17/h2-8H2,1H3. The van der Waals surface area contributed by atoms with Crippen molar-refractivity contribution in [3.8, 4) is 0 Å². The van der Waals surface area contributed by atoms with Crippen LogP contribution in [-0.4, -0.2) is 33.9 Å². The molecule has 1 saturated heterocycles. The van der Waals surface area contributed by atoms with Gasteiger partial charge in [0, 0.05) is 22.8 Å². The quantitative estimate of drug-likeness (QED) is 0.767. The number of hydrogen-bond donors (Lipinski definition) is 0. The third-order valence-electron chi connectivity index (χ3n) is 3.96. The molecule has 4 nitrogen and oxygen atoms in total. The van der Waals surface area contributed by atoms with Crippen molar-refractivity contribution in [1.29, 1.82) is 0 Å². The predicted molar refractivity (Wildman–Crippen MR) is 83.4 cm³/mol. The van der Waals surface area contributed by atoms with Gasteiger partial charge >= 0.3 is 12.1 Å². The Morgan fingerprint density at radius 3 is 2.70 bits per heavy atom. The van der Waals surface area contributed by atoms with Crippen molar-refractivity contribution in [2.75, 3.05) is 18.1 Å². The third kappa shape index (κ3) is 3.09. The number of fused-ring (bicyclic) bond motifs is 2. The van der Waals surface area contributed by atoms with Crippen molar-refractivity contribution in [3.05, 3.63) is 17.0 Å². The van der Waals surface area contributed by atoms with Crippen LogP contribution in [-0.2, 0) is 32.8 Å². The highest BCUT2D eigenvalue weighted by atomic mass is 32.2. The van der Waals surface area contributed by atoms with Crippen molar-refractivity contribution >= 4 is 29.5 Å². The lowest BCUT2D eigenvalue weighted by Crippen LogP contribution is -2.26. The minimum absolute atomic E-state index is 0.198. The van der Waals surface area contributed by atoms with Crippen molar-refractivity contribution < 1.29 is 22.7 Å². The molecular formula is C14H17F3N2O2S2. The zero-order valence-electron chi connectivity index (χ0n) is 12.6. The van der Waals surface area contributed by atoms with Gasteiger partial charge in [-0.15, -0.1) is 23.5 Å². The number of rotatable bonds is 3. The fourth-order valence-electron chi connectivity index (χ4n) is 3.17. The fraction of sp³-hybridized carbons (Fsp3) is 0.714. The number of thioether (sulfide) groups is 2. The second kappa shape index (κ2) is 6.23. The number of carbonyl (C=O) groups is 1. The highest BCUT2D eigenvalue weighted by Gasteiger charge is 2.50. The zero-order valence-corrected chi connectivity index (χ0v) is 14.2. The van der Waals surface area contributed by atoms with Gasteiger partial charge in [0.1, 0.15) is 6.54 Å². The van der Waals surface area contributed by atoms with Gasteiger partial charge in [0.15, 0.2) is 5.69 Å². The summed E-state index contributed by atoms with van der Waals surface area (Å²) >= 11 is 3.15. The monoisotopic (exact) mass is 366 g/mol. The van der Waals surface area contributed by atoms with Crippen molar-refractivity contribution in [2.45, 2.75) is 43.0 Å². The Bertz CT molecular complexity index is 610. The minimum Gasteiger partial charge on any atom is -0.465 e. The molecule has 1 aliphatic carbocycles. The first kappa shape index (κ1) is 17.0. The maximum Gasteiger partial charge on any atom is 0.435 e. The summed E-state index contributed by atoms with van der Waals surface area (Å²) in [5, 5.41) is 3.77. The second-order valence-corrected chi connectivity index (χ2v) is 8.48. The molecule has 1 aromatic heterocycles. The van der Waals surface area contributed by atoms with E-state index in [4.69, 9.17) is 4.74 Å². The minimum atomic E-state index is -4.52. The highest BCUT2D eigenvalue weighted by Crippen LogP contribution is 2.60. The van der Waals surface area contributed by atoms with Crippen LogP contribution >= 0.6 is 23.5 Å². The van der Waals surface area contributed by atoms with Gasteiger partial charge < -0.3 is 4.74 Å². The molecule has 0 N–H and O–H groups in total. The summed E-state index contributed by atoms with van der Waals surface area (Å²) in [6.07, 6.45) is -2.49. The number of ether oxygens (including phenoxy) is 1. The summed E-state index contributed by atoms with van der Waals surface area (Å²) in [6.45, 7) is 1.60. The van der Waals surface area contributed by atoms with Crippen LogP contribution < -0.4 is 0 Å². The highest BCUT2D eigenvalue weighted by molar-refractivity contribution is 8.20. The van der Waals surface area contributed by atoms with Crippen LogP contribution in [0.4, 0.5) is 13.2 Å². The van der Waals surface area contributed by atoms with Gasteiger partial charge in [-0.25, -0.2) is 0 Å². The van der Waals surface area contributed by atoms with E-state index in [2.05, 4.69) is 5.10 Å². The van der Waals surface area contributed by atoms with E-state index in [1.165, 1.54) is 4.68 Å². The number of alkyl halides is 3. The first-order chi connectivity index (χ1) is 10.9. The lowest BCUT2D eigenvalue weighted by Gasteiger charge is -2.33. The summed E-state index contributed by atoms with van der Waals surface area (Å²) in [6, 6.07) is 0. The molecular weight excluding hydrogens is 349 g/mol. The van der Waals surface area contributed by atoms with E-state index in [1.54, 1.807) is 30.4 Å². The average molecular weight is 366 g/mol. The van der Waals surface area contributed by atoms with Gasteiger partial charge in [-0.2, -0.15) is 18.3 Å². The Labute approximate surface area is 140 Å². The molecule has 9 heteroatoms. The van der Waals surface area contributed by atoms with Gasteiger partial charge in [-0.3, -0.25) is 9.48 Å². The SMILES string of the molecule is CCOC(=O)Cn1nc(C(F)(F)F)c2c1CCCC21SCCS1. The van der Waals surface area contributed by atoms with Crippen LogP contribution in [0.5, 0.6) is 0 Å². The molecule has 0 atom stereocenters. The molecule has 0 saturated carbocycles. The molecule has 1 aliphatic heterocycles. The van der Waals surface area contributed by atoms with Crippen LogP contribution in [0, 0.1) is 0 Å². The summed E-state index contributed by atoms with van der Waals surface area (Å²) in [5.41, 5.74) is -0.00928. The molecule has 0 radical (unpaired) electrons. The van der Waals surface area contributed by atoms with Gasteiger partial charge in [-0.05, 0) is 26.2 Å². The van der Waals surface area contributed by atoms with Crippen LogP contribution in [0.1, 0.15) is 36.7 Å². The predicted octanol–water partition coefficient (Wildman–Crippen LogP) is 3.43. The van der Waals surface area contributed by atoms with Crippen molar-refractivity contribution in [1.82, 2.24) is 9.78 Å². The van der Waals surface area contributed by atoms with E-state index in [9.17, 15) is 18.0 Å². The largest absolute Gasteiger partial charge is 0.465 e. The summed E-state index contributed by atoms with van der Waals surface area (Å²) in [5.74, 6) is 1.12. The number of aromatic nitrogens is 2. The van der Waals surface area contributed by atoms with Crippen LogP contribution in [0.3, 0.4) is 0 Å². The van der Waals surface area contributed by atoms with E-state index >= 15 is 0 Å². The molecule has 0 bridgehead atoms. The smallest absolute Gasteiger partial charge is 0.435 e. The van der Waals surface area contributed by atoms with Crippen LogP contribution in [0.15, 0.2) is 0 Å². The maximum absolute atomic E-state index is 13.5. The number of hydrogen-bond acceptors (Lipinski definition) is 5. The summed E-state index contributed by atoms with van der Waals surface area (Å²) in [7, 11) is 0. The molecule has 0 amide bonds. The Morgan fingerprint density at radius 2 is 2.09 bits per heavy atom. The molecule has 1 aromatic rings. The third-order valence-corrected chi connectivity index (χ3v) is 7.50. The first-order valence-electron chi connectivity index (χ1n) is 7.48. The van der Waals surface area contributed by atoms with Gasteiger partial charge in [0.25, 0.3) is 0 Å². The summed E-state index contributed by atoms with van der Waals surface area (Å²) in [4.78, 5) is 11.7. The number of halogens is 3. The maximum atomic E-state index is 13.5. The number of esters is 1. The Kier molecular flexibility index (Phi) is 4.61. The van der Waals surface area contributed by atoms with E-state index in [0.717, 1.165) is 17.9 Å². The first-order valence-corrected chi connectivity index (χ1v) is 9.45. The normalized spacial score (nSPS) is 19.8. The van der Waals surface area contributed by atoms with Crippen LogP contribution in [0.2, 0.25) is 0 Å². The topological polar surface area (TPSA) is 44.1 Å². The molecule has 2 heterocycles. The molecule has 2 aliphatic rings. The molecule has 0 unspecified atom stereocenters. The van der Waals surface area contributed by atoms with Gasteiger partial charge in [0.05, 0.1) is 10.7 Å². The average Bonchev–Trinajstić information content (AvgIpc) is 3.06. The number of carbonyl (C=O) groups excluding carboxylic acids is 1. The van der Waals surface area contributed by atoms with E-state index in [1.807, 2.05) is 0 Å². The molecule has 1 fully saturated rings. The molecule has 1 spiro atoms. The summed E-state index contributed by atoms with van der Waals surface area (Å²) < 4.78 is 46.0. The Morgan fingerprint density at radius 1 is 1.39 bits per heavy atom. The van der Waals surface area contributed by atoms with Crippen molar-refractivity contribution in [3.63, 3.8) is 0 Å². The number of nitrogens with zero attached hydrogens (tertiary/aromatic N) is 2. The molecule has 23 heavy (non-hydrogen) atoms. The Balaban J connectivity index is 2.07. The van der Waals surface area contributed by atoms with Gasteiger partial charge in [-0.1, -0.05) is 0 Å². The van der Waals surface area contributed by atoms with Gasteiger partial charge in [0.2, 0.25) is 0 Å². The van der Waals surface area contributed by atoms with E-state index < -0.39 is 21.9 Å². The molecule has 128 valence electrons. The van der Waals surface area contributed by atoms with E-state index in [0.29, 0.717) is 18.5 Å². The van der Waals surface area contributed by atoms with E-state index in [-0.39, 0.29) is 18.7 Å². The lowest BCUT2D eigenvalue weighted by molar-refractivity contribution is -0.146. The van der Waals surface area contributed by atoms with Crippen molar-refractivity contribution in [2.24, 2.45) is 0 Å². The van der Waals surface area contributed by atoms with Crippen LogP contribution in [0.25, 0.3) is 0 Å². The fourth-order valence-corrected chi connectivity index (χ4v) is 6.62.